The van der Waals surface area contributed by atoms with Gasteiger partial charge in [0.15, 0.2) is 0 Å². The third kappa shape index (κ3) is 2.93. The Hall–Kier alpha value is -1.62. The molecule has 0 aliphatic heterocycles. The zero-order valence-corrected chi connectivity index (χ0v) is 9.60. The summed E-state index contributed by atoms with van der Waals surface area (Å²) in [5, 5.41) is 11.3. The van der Waals surface area contributed by atoms with Crippen LogP contribution in [0.5, 0.6) is 0 Å². The van der Waals surface area contributed by atoms with Gasteiger partial charge in [-0.05, 0) is 25.5 Å². The molecule has 5 heteroatoms. The predicted octanol–water partition coefficient (Wildman–Crippen LogP) is 1.05. The van der Waals surface area contributed by atoms with Crippen LogP contribution in [0.1, 0.15) is 17.0 Å². The molecule has 2 aromatic rings. The number of aromatic nitrogens is 3. The van der Waals surface area contributed by atoms with Crippen LogP contribution >= 0.6 is 0 Å². The molecule has 5 nitrogen and oxygen atoms in total. The third-order valence-corrected chi connectivity index (χ3v) is 2.33. The highest BCUT2D eigenvalue weighted by atomic mass is 16.5. The van der Waals surface area contributed by atoms with Gasteiger partial charge >= 0.3 is 0 Å². The summed E-state index contributed by atoms with van der Waals surface area (Å²) in [5.74, 6) is 0.851. The Morgan fingerprint density at radius 3 is 3.00 bits per heavy atom. The van der Waals surface area contributed by atoms with Crippen LogP contribution in [0, 0.1) is 6.92 Å². The molecule has 0 spiro atoms. The Bertz CT molecular complexity index is 404. The van der Waals surface area contributed by atoms with Crippen molar-refractivity contribution in [2.75, 3.05) is 6.54 Å². The summed E-state index contributed by atoms with van der Waals surface area (Å²) in [6.07, 6.45) is 4.90. The molecule has 0 aliphatic rings. The maximum atomic E-state index is 4.98. The van der Waals surface area contributed by atoms with E-state index in [-0.39, 0.29) is 0 Å². The van der Waals surface area contributed by atoms with Crippen molar-refractivity contribution in [1.29, 1.82) is 0 Å². The fourth-order valence-electron chi connectivity index (χ4n) is 1.55. The third-order valence-electron chi connectivity index (χ3n) is 2.33. The number of nitrogens with zero attached hydrogens (tertiary/aromatic N) is 3. The van der Waals surface area contributed by atoms with Crippen molar-refractivity contribution in [3.8, 4) is 0 Å². The maximum absolute atomic E-state index is 4.98. The number of nitrogens with one attached hydrogen (secondary N) is 1. The lowest BCUT2D eigenvalue weighted by Gasteiger charge is -1.99. The Labute approximate surface area is 94.4 Å². The van der Waals surface area contributed by atoms with E-state index in [1.165, 1.54) is 5.56 Å². The Morgan fingerprint density at radius 2 is 2.38 bits per heavy atom. The van der Waals surface area contributed by atoms with Crippen LogP contribution in [0.4, 0.5) is 0 Å². The first-order valence-corrected chi connectivity index (χ1v) is 5.34. The van der Waals surface area contributed by atoms with Crippen molar-refractivity contribution in [2.24, 2.45) is 7.05 Å². The lowest BCUT2D eigenvalue weighted by Crippen LogP contribution is -2.16. The molecule has 0 fully saturated rings. The van der Waals surface area contributed by atoms with Gasteiger partial charge in [-0.2, -0.15) is 5.10 Å². The van der Waals surface area contributed by atoms with Gasteiger partial charge in [-0.15, -0.1) is 0 Å². The molecule has 2 rings (SSSR count). The summed E-state index contributed by atoms with van der Waals surface area (Å²) in [7, 11) is 1.93. The van der Waals surface area contributed by atoms with E-state index in [0.29, 0.717) is 0 Å². The Morgan fingerprint density at radius 1 is 1.50 bits per heavy atom. The molecule has 2 aromatic heterocycles. The Kier molecular flexibility index (Phi) is 3.36. The second-order valence-corrected chi connectivity index (χ2v) is 3.88. The number of hydrogen-bond donors (Lipinski definition) is 1. The summed E-state index contributed by atoms with van der Waals surface area (Å²) in [6, 6.07) is 1.94. The predicted molar refractivity (Wildman–Crippen MR) is 59.9 cm³/mol. The minimum absolute atomic E-state index is 0.748. The number of aryl methyl sites for hydroxylation is 2. The van der Waals surface area contributed by atoms with E-state index < -0.39 is 0 Å². The molecule has 1 N–H and O–H groups in total. The zero-order valence-electron chi connectivity index (χ0n) is 9.60. The Balaban J connectivity index is 1.69. The second-order valence-electron chi connectivity index (χ2n) is 3.88. The molecule has 0 atom stereocenters. The first kappa shape index (κ1) is 10.9. The van der Waals surface area contributed by atoms with Gasteiger partial charge in [0.25, 0.3) is 0 Å². The topological polar surface area (TPSA) is 55.9 Å². The maximum Gasteiger partial charge on any atom is 0.133 e. The summed E-state index contributed by atoms with van der Waals surface area (Å²) in [5.41, 5.74) is 2.19. The van der Waals surface area contributed by atoms with E-state index in [1.807, 2.05) is 37.1 Å². The van der Waals surface area contributed by atoms with Gasteiger partial charge in [-0.1, -0.05) is 5.16 Å². The lowest BCUT2D eigenvalue weighted by atomic mass is 10.2. The van der Waals surface area contributed by atoms with Crippen molar-refractivity contribution in [3.05, 3.63) is 35.5 Å². The van der Waals surface area contributed by atoms with Crippen LogP contribution in [0.2, 0.25) is 0 Å². The van der Waals surface area contributed by atoms with Gasteiger partial charge in [0.1, 0.15) is 5.76 Å². The highest BCUT2D eigenvalue weighted by molar-refractivity contribution is 5.05. The van der Waals surface area contributed by atoms with Crippen molar-refractivity contribution >= 4 is 0 Å². The molecular weight excluding hydrogens is 204 g/mol. The van der Waals surface area contributed by atoms with Gasteiger partial charge in [0.2, 0.25) is 0 Å². The fourth-order valence-corrected chi connectivity index (χ4v) is 1.55. The van der Waals surface area contributed by atoms with Crippen LogP contribution in [0.3, 0.4) is 0 Å². The highest BCUT2D eigenvalue weighted by Crippen LogP contribution is 2.01. The van der Waals surface area contributed by atoms with Crippen molar-refractivity contribution in [3.63, 3.8) is 0 Å². The van der Waals surface area contributed by atoms with Crippen LogP contribution in [0.25, 0.3) is 0 Å². The first-order chi connectivity index (χ1) is 7.74. The molecule has 16 heavy (non-hydrogen) atoms. The summed E-state index contributed by atoms with van der Waals surface area (Å²) >= 11 is 0. The van der Waals surface area contributed by atoms with E-state index in [9.17, 15) is 0 Å². The van der Waals surface area contributed by atoms with E-state index >= 15 is 0 Å². The summed E-state index contributed by atoms with van der Waals surface area (Å²) in [6.45, 7) is 3.56. The van der Waals surface area contributed by atoms with Gasteiger partial charge in [-0.25, -0.2) is 0 Å². The first-order valence-electron chi connectivity index (χ1n) is 5.34. The zero-order chi connectivity index (χ0) is 11.4. The van der Waals surface area contributed by atoms with Crippen LogP contribution < -0.4 is 5.32 Å². The fraction of sp³-hybridized carbons (Fsp3) is 0.455. The molecule has 0 aliphatic carbocycles. The highest BCUT2D eigenvalue weighted by Gasteiger charge is 2.00. The minimum atomic E-state index is 0.748. The summed E-state index contributed by atoms with van der Waals surface area (Å²) < 4.78 is 6.80. The van der Waals surface area contributed by atoms with Gasteiger partial charge in [0.05, 0.1) is 11.9 Å². The van der Waals surface area contributed by atoms with Crippen molar-refractivity contribution in [1.82, 2.24) is 20.3 Å². The average Bonchev–Trinajstić information content (AvgIpc) is 2.83. The molecule has 0 unspecified atom stereocenters. The normalized spacial score (nSPS) is 10.9. The standard InChI is InChI=1S/C11H16N4O/c1-9-5-11(14-16-9)7-12-4-3-10-6-13-15(2)8-10/h5-6,8,12H,3-4,7H2,1-2H3. The molecule has 0 aromatic carbocycles. The molecule has 0 saturated heterocycles. The monoisotopic (exact) mass is 220 g/mol. The van der Waals surface area contributed by atoms with Gasteiger partial charge in [0, 0.05) is 25.9 Å². The van der Waals surface area contributed by atoms with Crippen molar-refractivity contribution in [2.45, 2.75) is 19.9 Å². The molecule has 86 valence electrons. The van der Waals surface area contributed by atoms with Gasteiger partial charge < -0.3 is 9.84 Å². The molecule has 0 amide bonds. The van der Waals surface area contributed by atoms with E-state index in [4.69, 9.17) is 4.52 Å². The second kappa shape index (κ2) is 4.94. The smallest absolute Gasteiger partial charge is 0.133 e. The molecule has 0 saturated carbocycles. The number of rotatable bonds is 5. The number of hydrogen-bond acceptors (Lipinski definition) is 4. The van der Waals surface area contributed by atoms with Crippen LogP contribution in [0.15, 0.2) is 23.0 Å². The van der Waals surface area contributed by atoms with Crippen LogP contribution in [-0.4, -0.2) is 21.5 Å². The minimum Gasteiger partial charge on any atom is -0.361 e. The van der Waals surface area contributed by atoms with E-state index in [2.05, 4.69) is 15.6 Å². The van der Waals surface area contributed by atoms with Gasteiger partial charge in [-0.3, -0.25) is 4.68 Å². The largest absolute Gasteiger partial charge is 0.361 e. The SMILES string of the molecule is Cc1cc(CNCCc2cnn(C)c2)no1. The average molecular weight is 220 g/mol. The molecule has 0 bridgehead atoms. The molecular formula is C11H16N4O. The van der Waals surface area contributed by atoms with E-state index in [0.717, 1.165) is 31.0 Å². The lowest BCUT2D eigenvalue weighted by molar-refractivity contribution is 0.388. The molecule has 2 heterocycles. The summed E-state index contributed by atoms with van der Waals surface area (Å²) in [4.78, 5) is 0. The quantitative estimate of drug-likeness (QED) is 0.765. The van der Waals surface area contributed by atoms with Crippen molar-refractivity contribution < 1.29 is 4.52 Å². The van der Waals surface area contributed by atoms with Crippen LogP contribution in [-0.2, 0) is 20.0 Å². The van der Waals surface area contributed by atoms with E-state index in [1.54, 1.807) is 0 Å². The molecule has 0 radical (unpaired) electrons.